The predicted octanol–water partition coefficient (Wildman–Crippen LogP) is 1.89. The fraction of sp³-hybridized carbons (Fsp3) is 0.500. The molecule has 1 aromatic carbocycles. The highest BCUT2D eigenvalue weighted by molar-refractivity contribution is 5.71. The lowest BCUT2D eigenvalue weighted by Gasteiger charge is -2.20. The van der Waals surface area contributed by atoms with Gasteiger partial charge in [0.05, 0.1) is 20.1 Å². The molecular formula is C14H18FNO4. The molecule has 0 spiro atoms. The van der Waals surface area contributed by atoms with Gasteiger partial charge in [-0.2, -0.15) is 0 Å². The van der Waals surface area contributed by atoms with Crippen molar-refractivity contribution in [3.05, 3.63) is 23.0 Å². The summed E-state index contributed by atoms with van der Waals surface area (Å²) in [5.74, 6) is -1.38. The van der Waals surface area contributed by atoms with E-state index in [1.54, 1.807) is 6.92 Å². The Hall–Kier alpha value is -1.82. The van der Waals surface area contributed by atoms with Gasteiger partial charge in [-0.05, 0) is 25.0 Å². The van der Waals surface area contributed by atoms with Crippen molar-refractivity contribution in [3.63, 3.8) is 0 Å². The van der Waals surface area contributed by atoms with Gasteiger partial charge in [-0.25, -0.2) is 4.39 Å². The van der Waals surface area contributed by atoms with Crippen molar-refractivity contribution in [2.24, 2.45) is 5.92 Å². The quantitative estimate of drug-likeness (QED) is 0.883. The summed E-state index contributed by atoms with van der Waals surface area (Å²) in [6, 6.07) is 1.20. The van der Waals surface area contributed by atoms with Crippen molar-refractivity contribution in [1.82, 2.24) is 5.32 Å². The maximum Gasteiger partial charge on any atom is 0.307 e. The molecule has 110 valence electrons. The number of aliphatic carboxylic acids is 1. The second-order valence-electron chi connectivity index (χ2n) is 4.89. The van der Waals surface area contributed by atoms with Crippen molar-refractivity contribution in [2.75, 3.05) is 20.8 Å². The topological polar surface area (TPSA) is 67.8 Å². The zero-order chi connectivity index (χ0) is 14.9. The zero-order valence-corrected chi connectivity index (χ0v) is 11.7. The molecule has 2 unspecified atom stereocenters. The number of rotatable bonds is 4. The lowest BCUT2D eigenvalue weighted by atomic mass is 9.95. The molecule has 0 amide bonds. The van der Waals surface area contributed by atoms with E-state index >= 15 is 0 Å². The van der Waals surface area contributed by atoms with Gasteiger partial charge in [0.15, 0.2) is 17.3 Å². The predicted molar refractivity (Wildman–Crippen MR) is 70.7 cm³/mol. The highest BCUT2D eigenvalue weighted by Crippen LogP contribution is 2.42. The minimum Gasteiger partial charge on any atom is -0.492 e. The van der Waals surface area contributed by atoms with Crippen LogP contribution in [0.5, 0.6) is 11.5 Å². The Morgan fingerprint density at radius 1 is 1.40 bits per heavy atom. The number of ether oxygens (including phenoxy) is 2. The van der Waals surface area contributed by atoms with Gasteiger partial charge in [-0.15, -0.1) is 0 Å². The van der Waals surface area contributed by atoms with Crippen LogP contribution in [0.3, 0.4) is 0 Å². The average Bonchev–Trinajstić information content (AvgIpc) is 2.87. The molecule has 1 heterocycles. The van der Waals surface area contributed by atoms with E-state index in [4.69, 9.17) is 14.6 Å². The van der Waals surface area contributed by atoms with E-state index < -0.39 is 17.7 Å². The summed E-state index contributed by atoms with van der Waals surface area (Å²) >= 11 is 0. The van der Waals surface area contributed by atoms with E-state index in [9.17, 15) is 9.18 Å². The second kappa shape index (κ2) is 5.66. The minimum atomic E-state index is -0.828. The van der Waals surface area contributed by atoms with Crippen LogP contribution < -0.4 is 14.8 Å². The van der Waals surface area contributed by atoms with Gasteiger partial charge in [0.2, 0.25) is 0 Å². The molecule has 0 radical (unpaired) electrons. The highest BCUT2D eigenvalue weighted by Gasteiger charge is 2.34. The standard InChI is InChI=1S/C14H18FNO4/c1-7-4-9(15)12(19-2)13(20-3)11(7)10-5-8(6-16-10)14(17)18/h4,8,10,16H,5-6H2,1-3H3,(H,17,18). The number of carboxylic acids is 1. The first-order chi connectivity index (χ1) is 9.49. The molecule has 1 aliphatic heterocycles. The van der Waals surface area contributed by atoms with Crippen LogP contribution in [-0.2, 0) is 4.79 Å². The van der Waals surface area contributed by atoms with Crippen LogP contribution in [0.25, 0.3) is 0 Å². The third-order valence-corrected chi connectivity index (χ3v) is 3.67. The van der Waals surface area contributed by atoms with E-state index in [0.29, 0.717) is 24.3 Å². The largest absolute Gasteiger partial charge is 0.492 e. The number of nitrogens with one attached hydrogen (secondary N) is 1. The van der Waals surface area contributed by atoms with E-state index in [-0.39, 0.29) is 11.8 Å². The molecule has 1 aliphatic rings. The summed E-state index contributed by atoms with van der Waals surface area (Å²) in [5.41, 5.74) is 1.47. The van der Waals surface area contributed by atoms with E-state index in [1.807, 2.05) is 0 Å². The van der Waals surface area contributed by atoms with Crippen molar-refractivity contribution in [1.29, 1.82) is 0 Å². The molecule has 6 heteroatoms. The molecule has 5 nitrogen and oxygen atoms in total. The summed E-state index contributed by atoms with van der Waals surface area (Å²) in [6.45, 7) is 2.17. The number of methoxy groups -OCH3 is 2. The first kappa shape index (κ1) is 14.6. The summed E-state index contributed by atoms with van der Waals surface area (Å²) in [6.07, 6.45) is 0.446. The van der Waals surface area contributed by atoms with Crippen LogP contribution >= 0.6 is 0 Å². The fourth-order valence-corrected chi connectivity index (χ4v) is 2.71. The van der Waals surface area contributed by atoms with Gasteiger partial charge in [-0.3, -0.25) is 4.79 Å². The molecule has 2 N–H and O–H groups in total. The maximum atomic E-state index is 13.9. The SMILES string of the molecule is COc1c(F)cc(C)c(C2CC(C(=O)O)CN2)c1OC. The Morgan fingerprint density at radius 2 is 2.05 bits per heavy atom. The fourth-order valence-electron chi connectivity index (χ4n) is 2.71. The van der Waals surface area contributed by atoms with Gasteiger partial charge in [0.25, 0.3) is 0 Å². The molecule has 2 rings (SSSR count). The normalized spacial score (nSPS) is 21.8. The molecule has 1 fully saturated rings. The monoisotopic (exact) mass is 283 g/mol. The lowest BCUT2D eigenvalue weighted by molar-refractivity contribution is -0.141. The molecule has 0 bridgehead atoms. The molecule has 0 aromatic heterocycles. The van der Waals surface area contributed by atoms with E-state index in [2.05, 4.69) is 5.32 Å². The number of carboxylic acid groups (broad SMARTS) is 1. The molecule has 2 atom stereocenters. The molecule has 1 saturated heterocycles. The van der Waals surface area contributed by atoms with Gasteiger partial charge in [0.1, 0.15) is 0 Å². The van der Waals surface area contributed by atoms with Crippen molar-refractivity contribution in [3.8, 4) is 11.5 Å². The Bertz CT molecular complexity index is 532. The Morgan fingerprint density at radius 3 is 2.55 bits per heavy atom. The summed E-state index contributed by atoms with van der Waals surface area (Å²) < 4.78 is 24.2. The second-order valence-corrected chi connectivity index (χ2v) is 4.89. The highest BCUT2D eigenvalue weighted by atomic mass is 19.1. The van der Waals surface area contributed by atoms with Crippen LogP contribution in [0.2, 0.25) is 0 Å². The van der Waals surface area contributed by atoms with Crippen molar-refractivity contribution >= 4 is 5.97 Å². The Labute approximate surface area is 116 Å². The molecule has 0 saturated carbocycles. The third kappa shape index (κ3) is 2.43. The first-order valence-electron chi connectivity index (χ1n) is 6.36. The van der Waals surface area contributed by atoms with Crippen molar-refractivity contribution < 1.29 is 23.8 Å². The van der Waals surface area contributed by atoms with Gasteiger partial charge >= 0.3 is 5.97 Å². The summed E-state index contributed by atoms with van der Waals surface area (Å²) in [7, 11) is 2.83. The maximum absolute atomic E-state index is 13.9. The summed E-state index contributed by atoms with van der Waals surface area (Å²) in [5, 5.41) is 12.2. The minimum absolute atomic E-state index is 0.0497. The van der Waals surface area contributed by atoms with Crippen LogP contribution in [0.15, 0.2) is 6.07 Å². The van der Waals surface area contributed by atoms with Crippen LogP contribution in [0, 0.1) is 18.7 Å². The zero-order valence-electron chi connectivity index (χ0n) is 11.7. The molecular weight excluding hydrogens is 265 g/mol. The number of carbonyl (C=O) groups is 1. The lowest BCUT2D eigenvalue weighted by Crippen LogP contribution is -2.18. The number of hydrogen-bond acceptors (Lipinski definition) is 4. The molecule has 0 aliphatic carbocycles. The van der Waals surface area contributed by atoms with Crippen LogP contribution in [0.4, 0.5) is 4.39 Å². The van der Waals surface area contributed by atoms with E-state index in [0.717, 1.165) is 5.56 Å². The van der Waals surface area contributed by atoms with Crippen molar-refractivity contribution in [2.45, 2.75) is 19.4 Å². The number of aryl methyl sites for hydroxylation is 1. The van der Waals surface area contributed by atoms with E-state index in [1.165, 1.54) is 20.3 Å². The Kier molecular flexibility index (Phi) is 4.13. The molecule has 20 heavy (non-hydrogen) atoms. The smallest absolute Gasteiger partial charge is 0.307 e. The van der Waals surface area contributed by atoms with Gasteiger partial charge < -0.3 is 19.9 Å². The van der Waals surface area contributed by atoms with Crippen LogP contribution in [-0.4, -0.2) is 31.8 Å². The molecule has 1 aromatic rings. The summed E-state index contributed by atoms with van der Waals surface area (Å²) in [4.78, 5) is 11.0. The van der Waals surface area contributed by atoms with Gasteiger partial charge in [-0.1, -0.05) is 0 Å². The number of benzene rings is 1. The number of halogens is 1. The first-order valence-corrected chi connectivity index (χ1v) is 6.36. The third-order valence-electron chi connectivity index (χ3n) is 3.67. The average molecular weight is 283 g/mol. The number of hydrogen-bond donors (Lipinski definition) is 2. The van der Waals surface area contributed by atoms with Crippen LogP contribution in [0.1, 0.15) is 23.6 Å². The van der Waals surface area contributed by atoms with Gasteiger partial charge in [0, 0.05) is 18.2 Å². The Balaban J connectivity index is 2.44.